The largest absolute Gasteiger partial charge is 0.457 e. The molecule has 0 radical (unpaired) electrons. The van der Waals surface area contributed by atoms with Crippen LogP contribution in [0.2, 0.25) is 0 Å². The molecule has 3 aromatic rings. The van der Waals surface area contributed by atoms with E-state index in [0.717, 1.165) is 16.9 Å². The molecule has 0 bridgehead atoms. The lowest BCUT2D eigenvalue weighted by Gasteiger charge is -2.16. The lowest BCUT2D eigenvalue weighted by Crippen LogP contribution is -2.30. The van der Waals surface area contributed by atoms with Gasteiger partial charge in [0.1, 0.15) is 17.3 Å². The maximum Gasteiger partial charge on any atom is 0.254 e. The van der Waals surface area contributed by atoms with Gasteiger partial charge in [-0.15, -0.1) is 12.4 Å². The highest BCUT2D eigenvalue weighted by Crippen LogP contribution is 2.24. The molecule has 7 heteroatoms. The van der Waals surface area contributed by atoms with Gasteiger partial charge in [-0.1, -0.05) is 54.6 Å². The number of amides is 1. The number of amidine groups is 1. The topological polar surface area (TPSA) is 97.4 Å². The van der Waals surface area contributed by atoms with Crippen molar-refractivity contribution in [2.24, 2.45) is 5.73 Å². The first-order valence-electron chi connectivity index (χ1n) is 9.13. The second-order valence-electron chi connectivity index (χ2n) is 6.43. The number of ether oxygens (including phenoxy) is 2. The molecule has 0 aliphatic rings. The van der Waals surface area contributed by atoms with Crippen LogP contribution < -0.4 is 15.8 Å². The fourth-order valence-electron chi connectivity index (χ4n) is 2.81. The lowest BCUT2D eigenvalue weighted by molar-refractivity contribution is -0.131. The molecule has 0 aliphatic carbocycles. The number of methoxy groups -OCH3 is 1. The number of carbonyl (C=O) groups is 1. The first kappa shape index (κ1) is 22.9. The summed E-state index contributed by atoms with van der Waals surface area (Å²) in [6.45, 7) is 0.353. The molecule has 1 atom stereocenters. The molecule has 0 heterocycles. The van der Waals surface area contributed by atoms with Crippen LogP contribution in [-0.2, 0) is 16.1 Å². The van der Waals surface area contributed by atoms with Crippen molar-refractivity contribution in [2.75, 3.05) is 7.11 Å². The first-order chi connectivity index (χ1) is 14.1. The van der Waals surface area contributed by atoms with E-state index in [0.29, 0.717) is 17.9 Å². The molecule has 0 fully saturated rings. The summed E-state index contributed by atoms with van der Waals surface area (Å²) in [5.74, 6) is 1.21. The minimum absolute atomic E-state index is 0. The molecule has 4 N–H and O–H groups in total. The average molecular weight is 426 g/mol. The number of carbonyl (C=O) groups excluding carboxylic acids is 1. The van der Waals surface area contributed by atoms with Crippen molar-refractivity contribution in [3.63, 3.8) is 0 Å². The minimum Gasteiger partial charge on any atom is -0.457 e. The van der Waals surface area contributed by atoms with E-state index < -0.39 is 6.10 Å². The molecular formula is C23H24ClN3O3. The van der Waals surface area contributed by atoms with Crippen molar-refractivity contribution < 1.29 is 14.3 Å². The Morgan fingerprint density at radius 2 is 1.57 bits per heavy atom. The van der Waals surface area contributed by atoms with Crippen LogP contribution in [0.25, 0.3) is 0 Å². The monoisotopic (exact) mass is 425 g/mol. The van der Waals surface area contributed by atoms with Crippen LogP contribution in [0.3, 0.4) is 0 Å². The molecule has 0 unspecified atom stereocenters. The zero-order chi connectivity index (χ0) is 20.6. The van der Waals surface area contributed by atoms with E-state index in [9.17, 15) is 4.79 Å². The van der Waals surface area contributed by atoms with Gasteiger partial charge in [-0.3, -0.25) is 10.2 Å². The van der Waals surface area contributed by atoms with Crippen LogP contribution >= 0.6 is 12.4 Å². The summed E-state index contributed by atoms with van der Waals surface area (Å²) in [5.41, 5.74) is 7.74. The van der Waals surface area contributed by atoms with Crippen LogP contribution in [0, 0.1) is 5.41 Å². The average Bonchev–Trinajstić information content (AvgIpc) is 2.75. The van der Waals surface area contributed by atoms with Gasteiger partial charge in [0.25, 0.3) is 5.91 Å². The van der Waals surface area contributed by atoms with Crippen LogP contribution in [0.1, 0.15) is 22.8 Å². The molecule has 3 aromatic carbocycles. The number of hydrogen-bond donors (Lipinski definition) is 3. The summed E-state index contributed by atoms with van der Waals surface area (Å²) < 4.78 is 11.2. The Labute approximate surface area is 181 Å². The third-order valence-electron chi connectivity index (χ3n) is 4.37. The number of nitrogens with two attached hydrogens (primary N) is 1. The number of benzene rings is 3. The number of halogens is 1. The van der Waals surface area contributed by atoms with Crippen LogP contribution in [0.15, 0.2) is 78.9 Å². The highest BCUT2D eigenvalue weighted by Gasteiger charge is 2.19. The maximum absolute atomic E-state index is 12.6. The summed E-state index contributed by atoms with van der Waals surface area (Å²) in [7, 11) is 1.50. The summed E-state index contributed by atoms with van der Waals surface area (Å²) >= 11 is 0. The summed E-state index contributed by atoms with van der Waals surface area (Å²) in [6.07, 6.45) is -0.725. The number of para-hydroxylation sites is 1. The van der Waals surface area contributed by atoms with Gasteiger partial charge in [0.2, 0.25) is 0 Å². The van der Waals surface area contributed by atoms with E-state index in [1.165, 1.54) is 7.11 Å². The molecule has 0 spiro atoms. The van der Waals surface area contributed by atoms with Gasteiger partial charge in [-0.2, -0.15) is 0 Å². The van der Waals surface area contributed by atoms with Crippen LogP contribution in [-0.4, -0.2) is 18.9 Å². The Balaban J connectivity index is 0.00000320. The van der Waals surface area contributed by atoms with E-state index >= 15 is 0 Å². The molecule has 30 heavy (non-hydrogen) atoms. The zero-order valence-corrected chi connectivity index (χ0v) is 17.3. The summed E-state index contributed by atoms with van der Waals surface area (Å²) in [5, 5.41) is 10.3. The van der Waals surface area contributed by atoms with Gasteiger partial charge >= 0.3 is 0 Å². The quantitative estimate of drug-likeness (QED) is 0.372. The highest BCUT2D eigenvalue weighted by atomic mass is 35.5. The van der Waals surface area contributed by atoms with Gasteiger partial charge in [-0.05, 0) is 35.4 Å². The van der Waals surface area contributed by atoms with E-state index in [4.69, 9.17) is 20.6 Å². The molecule has 0 aliphatic heterocycles. The predicted molar refractivity (Wildman–Crippen MR) is 119 cm³/mol. The number of nitrogen functional groups attached to an aromatic ring is 1. The van der Waals surface area contributed by atoms with Crippen molar-refractivity contribution >= 4 is 24.1 Å². The fraction of sp³-hybridized carbons (Fsp3) is 0.130. The van der Waals surface area contributed by atoms with Gasteiger partial charge in [0.15, 0.2) is 6.10 Å². The number of rotatable bonds is 8. The third kappa shape index (κ3) is 6.07. The van der Waals surface area contributed by atoms with Gasteiger partial charge in [0, 0.05) is 19.2 Å². The molecule has 0 saturated heterocycles. The molecule has 0 aromatic heterocycles. The van der Waals surface area contributed by atoms with Crippen LogP contribution in [0.5, 0.6) is 11.5 Å². The maximum atomic E-state index is 12.6. The standard InChI is InChI=1S/C23H23N3O3.ClH/c1-28-21(23(27)26-15-16-7-9-18(10-8-16)22(24)25)17-11-13-20(14-12-17)29-19-5-3-2-4-6-19;/h2-14,21H,15H2,1H3,(H3,24,25)(H,26,27);1H/t21-;/m0./s1. The molecule has 156 valence electrons. The summed E-state index contributed by atoms with van der Waals surface area (Å²) in [4.78, 5) is 12.6. The molecule has 3 rings (SSSR count). The van der Waals surface area contributed by atoms with Gasteiger partial charge in [0.05, 0.1) is 0 Å². The molecule has 0 saturated carbocycles. The third-order valence-corrected chi connectivity index (χ3v) is 4.37. The Hall–Kier alpha value is -3.35. The SMILES string of the molecule is CO[C@H](C(=O)NCc1ccc(C(=N)N)cc1)c1ccc(Oc2ccccc2)cc1.Cl. The Morgan fingerprint density at radius 1 is 0.967 bits per heavy atom. The molecule has 6 nitrogen and oxygen atoms in total. The second kappa shape index (κ2) is 11.0. The summed E-state index contributed by atoms with van der Waals surface area (Å²) in [6, 6.07) is 23.9. The van der Waals surface area contributed by atoms with Crippen molar-refractivity contribution in [3.05, 3.63) is 95.6 Å². The lowest BCUT2D eigenvalue weighted by atomic mass is 10.1. The predicted octanol–water partition coefficient (Wildman–Crippen LogP) is 4.19. The Bertz CT molecular complexity index is 961. The Morgan fingerprint density at radius 3 is 2.13 bits per heavy atom. The number of nitrogens with one attached hydrogen (secondary N) is 2. The molecular weight excluding hydrogens is 402 g/mol. The highest BCUT2D eigenvalue weighted by molar-refractivity contribution is 5.94. The van der Waals surface area contributed by atoms with Crippen molar-refractivity contribution in [1.82, 2.24) is 5.32 Å². The fourth-order valence-corrected chi connectivity index (χ4v) is 2.81. The van der Waals surface area contributed by atoms with Gasteiger partial charge < -0.3 is 20.5 Å². The normalized spacial score (nSPS) is 11.1. The van der Waals surface area contributed by atoms with E-state index in [1.807, 2.05) is 66.7 Å². The van der Waals surface area contributed by atoms with Crippen molar-refractivity contribution in [3.8, 4) is 11.5 Å². The number of hydrogen-bond acceptors (Lipinski definition) is 4. The van der Waals surface area contributed by atoms with Crippen LogP contribution in [0.4, 0.5) is 0 Å². The van der Waals surface area contributed by atoms with Crippen molar-refractivity contribution in [2.45, 2.75) is 12.6 Å². The first-order valence-corrected chi connectivity index (χ1v) is 9.13. The minimum atomic E-state index is -0.725. The van der Waals surface area contributed by atoms with Gasteiger partial charge in [-0.25, -0.2) is 0 Å². The second-order valence-corrected chi connectivity index (χ2v) is 6.43. The van der Waals surface area contributed by atoms with E-state index in [2.05, 4.69) is 5.32 Å². The van der Waals surface area contributed by atoms with E-state index in [-0.39, 0.29) is 24.1 Å². The smallest absolute Gasteiger partial charge is 0.254 e. The Kier molecular flexibility index (Phi) is 8.41. The van der Waals surface area contributed by atoms with E-state index in [1.54, 1.807) is 12.1 Å². The van der Waals surface area contributed by atoms with Crippen molar-refractivity contribution in [1.29, 1.82) is 5.41 Å². The molecule has 1 amide bonds. The zero-order valence-electron chi connectivity index (χ0n) is 16.5.